The first kappa shape index (κ1) is 16.4. The summed E-state index contributed by atoms with van der Waals surface area (Å²) in [5.74, 6) is 1.63. The Morgan fingerprint density at radius 2 is 2.05 bits per heavy atom. The highest BCUT2D eigenvalue weighted by Gasteiger charge is 2.39. The van der Waals surface area contributed by atoms with E-state index in [0.29, 0.717) is 5.92 Å². The first-order chi connectivity index (χ1) is 10.1. The van der Waals surface area contributed by atoms with Crippen molar-refractivity contribution < 1.29 is 4.74 Å². The Hall–Kier alpha value is -0.940. The zero-order valence-electron chi connectivity index (χ0n) is 13.9. The molecule has 0 spiro atoms. The number of rotatable bonds is 7. The van der Waals surface area contributed by atoms with Crippen LogP contribution in [-0.2, 0) is 17.7 Å². The molecule has 0 amide bonds. The van der Waals surface area contributed by atoms with Crippen LogP contribution in [0.2, 0.25) is 0 Å². The molecule has 1 heterocycles. The molecule has 1 N–H and O–H groups in total. The molecule has 120 valence electrons. The van der Waals surface area contributed by atoms with E-state index in [1.807, 2.05) is 18.8 Å². The van der Waals surface area contributed by atoms with E-state index in [1.165, 1.54) is 19.3 Å². The summed E-state index contributed by atoms with van der Waals surface area (Å²) in [5.41, 5.74) is -0.0540. The van der Waals surface area contributed by atoms with Gasteiger partial charge in [-0.25, -0.2) is 9.67 Å². The van der Waals surface area contributed by atoms with Crippen LogP contribution in [0.3, 0.4) is 0 Å². The number of methoxy groups -OCH3 is 1. The van der Waals surface area contributed by atoms with Gasteiger partial charge in [-0.15, -0.1) is 0 Å². The molecular weight excluding hydrogens is 264 g/mol. The number of likely N-dealkylation sites (N-methyl/N-ethyl adjacent to an activating group) is 1. The van der Waals surface area contributed by atoms with Gasteiger partial charge >= 0.3 is 0 Å². The second-order valence-electron chi connectivity index (χ2n) is 6.63. The molecule has 0 aromatic carbocycles. The van der Waals surface area contributed by atoms with Gasteiger partial charge in [-0.3, -0.25) is 0 Å². The van der Waals surface area contributed by atoms with Gasteiger partial charge in [0, 0.05) is 26.1 Å². The van der Waals surface area contributed by atoms with Gasteiger partial charge in [0.05, 0.1) is 5.60 Å². The lowest BCUT2D eigenvalue weighted by atomic mass is 9.78. The average Bonchev–Trinajstić information content (AvgIpc) is 2.91. The summed E-state index contributed by atoms with van der Waals surface area (Å²) in [4.78, 5) is 4.47. The van der Waals surface area contributed by atoms with Gasteiger partial charge in [0.25, 0.3) is 0 Å². The molecule has 2 rings (SSSR count). The Labute approximate surface area is 128 Å². The number of aromatic nitrogens is 3. The Morgan fingerprint density at radius 1 is 1.33 bits per heavy atom. The largest absolute Gasteiger partial charge is 0.377 e. The number of ether oxygens (including phenoxy) is 1. The van der Waals surface area contributed by atoms with E-state index in [9.17, 15) is 0 Å². The van der Waals surface area contributed by atoms with E-state index in [2.05, 4.69) is 29.2 Å². The minimum Gasteiger partial charge on any atom is -0.377 e. The maximum absolute atomic E-state index is 5.98. The van der Waals surface area contributed by atoms with E-state index in [4.69, 9.17) is 4.74 Å². The predicted octanol–water partition coefficient (Wildman–Crippen LogP) is 2.41. The first-order valence-electron chi connectivity index (χ1n) is 8.20. The first-order valence-corrected chi connectivity index (χ1v) is 8.20. The maximum Gasteiger partial charge on any atom is 0.138 e. The van der Waals surface area contributed by atoms with Crippen LogP contribution in [0.25, 0.3) is 0 Å². The number of nitrogens with zero attached hydrogens (tertiary/aromatic N) is 3. The van der Waals surface area contributed by atoms with Crippen molar-refractivity contribution in [3.63, 3.8) is 0 Å². The molecule has 1 atom stereocenters. The van der Waals surface area contributed by atoms with Crippen LogP contribution < -0.4 is 5.32 Å². The highest BCUT2D eigenvalue weighted by molar-refractivity contribution is 5.01. The van der Waals surface area contributed by atoms with Crippen LogP contribution in [0, 0.1) is 5.92 Å². The Balaban J connectivity index is 2.13. The lowest BCUT2D eigenvalue weighted by Gasteiger charge is -2.42. The third-order valence-electron chi connectivity index (χ3n) is 4.71. The van der Waals surface area contributed by atoms with Crippen molar-refractivity contribution >= 4 is 0 Å². The molecule has 1 fully saturated rings. The van der Waals surface area contributed by atoms with Gasteiger partial charge in [-0.05, 0) is 25.8 Å². The van der Waals surface area contributed by atoms with Crippen molar-refractivity contribution in [1.29, 1.82) is 0 Å². The van der Waals surface area contributed by atoms with Gasteiger partial charge in [0.1, 0.15) is 12.2 Å². The molecular formula is C16H30N4O. The second kappa shape index (κ2) is 7.36. The fraction of sp³-hybridized carbons (Fsp3) is 0.875. The van der Waals surface area contributed by atoms with Crippen molar-refractivity contribution in [3.8, 4) is 0 Å². The fourth-order valence-corrected chi connectivity index (χ4v) is 3.52. The second-order valence-corrected chi connectivity index (χ2v) is 6.63. The van der Waals surface area contributed by atoms with Crippen molar-refractivity contribution in [2.45, 2.75) is 70.6 Å². The van der Waals surface area contributed by atoms with Crippen molar-refractivity contribution in [1.82, 2.24) is 20.1 Å². The van der Waals surface area contributed by atoms with Crippen molar-refractivity contribution in [2.24, 2.45) is 5.92 Å². The molecule has 0 saturated heterocycles. The summed E-state index contributed by atoms with van der Waals surface area (Å²) < 4.78 is 8.02. The van der Waals surface area contributed by atoms with Gasteiger partial charge in [0.15, 0.2) is 0 Å². The van der Waals surface area contributed by atoms with E-state index in [0.717, 1.165) is 31.6 Å². The molecule has 1 saturated carbocycles. The van der Waals surface area contributed by atoms with Crippen molar-refractivity contribution in [3.05, 3.63) is 12.2 Å². The standard InChI is InChI=1S/C16H30N4O/c1-13(2)11-20-15(18-12-19-20)10-14(17-3)16(21-4)8-6-5-7-9-16/h12-14,17H,5-11H2,1-4H3. The lowest BCUT2D eigenvalue weighted by molar-refractivity contribution is -0.0662. The molecule has 0 aliphatic heterocycles. The predicted molar refractivity (Wildman–Crippen MR) is 84.2 cm³/mol. The topological polar surface area (TPSA) is 52.0 Å². The van der Waals surface area contributed by atoms with Crippen LogP contribution >= 0.6 is 0 Å². The van der Waals surface area contributed by atoms with Crippen LogP contribution in [0.15, 0.2) is 6.33 Å². The lowest BCUT2D eigenvalue weighted by Crippen LogP contribution is -2.53. The van der Waals surface area contributed by atoms with E-state index in [1.54, 1.807) is 6.33 Å². The Kier molecular flexibility index (Phi) is 5.76. The highest BCUT2D eigenvalue weighted by atomic mass is 16.5. The van der Waals surface area contributed by atoms with Gasteiger partial charge in [-0.2, -0.15) is 5.10 Å². The zero-order valence-corrected chi connectivity index (χ0v) is 13.9. The smallest absolute Gasteiger partial charge is 0.138 e. The van der Waals surface area contributed by atoms with E-state index >= 15 is 0 Å². The molecule has 0 bridgehead atoms. The molecule has 0 radical (unpaired) electrons. The van der Waals surface area contributed by atoms with E-state index in [-0.39, 0.29) is 11.6 Å². The number of nitrogens with one attached hydrogen (secondary N) is 1. The number of hydrogen-bond acceptors (Lipinski definition) is 4. The van der Waals surface area contributed by atoms with Crippen LogP contribution in [0.1, 0.15) is 51.8 Å². The molecule has 1 aliphatic carbocycles. The maximum atomic E-state index is 5.98. The SMILES string of the molecule is CNC(Cc1ncnn1CC(C)C)C1(OC)CCCCC1. The third kappa shape index (κ3) is 3.83. The Bertz CT molecular complexity index is 424. The summed E-state index contributed by atoms with van der Waals surface area (Å²) in [6.07, 6.45) is 8.64. The third-order valence-corrected chi connectivity index (χ3v) is 4.71. The summed E-state index contributed by atoms with van der Waals surface area (Å²) in [5, 5.41) is 7.85. The number of hydrogen-bond donors (Lipinski definition) is 1. The monoisotopic (exact) mass is 294 g/mol. The van der Waals surface area contributed by atoms with Gasteiger partial charge in [0.2, 0.25) is 0 Å². The molecule has 5 heteroatoms. The quantitative estimate of drug-likeness (QED) is 0.839. The van der Waals surface area contributed by atoms with Crippen LogP contribution in [-0.4, -0.2) is 40.6 Å². The van der Waals surface area contributed by atoms with Gasteiger partial charge in [-0.1, -0.05) is 33.1 Å². The summed E-state index contributed by atoms with van der Waals surface area (Å²) in [6, 6.07) is 0.290. The molecule has 21 heavy (non-hydrogen) atoms. The van der Waals surface area contributed by atoms with Crippen LogP contribution in [0.4, 0.5) is 0 Å². The minimum atomic E-state index is -0.0540. The molecule has 1 aromatic heterocycles. The van der Waals surface area contributed by atoms with Crippen molar-refractivity contribution in [2.75, 3.05) is 14.2 Å². The molecule has 1 aromatic rings. The summed E-state index contributed by atoms with van der Waals surface area (Å²) >= 11 is 0. The fourth-order valence-electron chi connectivity index (χ4n) is 3.52. The highest BCUT2D eigenvalue weighted by Crippen LogP contribution is 2.35. The normalized spacial score (nSPS) is 19.9. The van der Waals surface area contributed by atoms with Gasteiger partial charge < -0.3 is 10.1 Å². The van der Waals surface area contributed by atoms with Crippen LogP contribution in [0.5, 0.6) is 0 Å². The zero-order chi connectivity index (χ0) is 15.3. The Morgan fingerprint density at radius 3 is 2.62 bits per heavy atom. The summed E-state index contributed by atoms with van der Waals surface area (Å²) in [7, 11) is 3.89. The minimum absolute atomic E-state index is 0.0540. The molecule has 1 unspecified atom stereocenters. The van der Waals surface area contributed by atoms with E-state index < -0.39 is 0 Å². The molecule has 1 aliphatic rings. The molecule has 5 nitrogen and oxygen atoms in total. The average molecular weight is 294 g/mol. The summed E-state index contributed by atoms with van der Waals surface area (Å²) in [6.45, 7) is 5.34.